The molecule has 1 aromatic rings. The van der Waals surface area contributed by atoms with Crippen LogP contribution in [0.2, 0.25) is 0 Å². The first-order valence-corrected chi connectivity index (χ1v) is 8.32. The zero-order valence-electron chi connectivity index (χ0n) is 9.77. The van der Waals surface area contributed by atoms with Gasteiger partial charge in [-0.2, -0.15) is 0 Å². The summed E-state index contributed by atoms with van der Waals surface area (Å²) >= 11 is 3.44. The topological polar surface area (TPSA) is 54.4 Å². The van der Waals surface area contributed by atoms with Crippen molar-refractivity contribution in [2.45, 2.75) is 18.8 Å². The minimum Gasteiger partial charge on any atom is -0.396 e. The molecule has 17 heavy (non-hydrogen) atoms. The van der Waals surface area contributed by atoms with Crippen LogP contribution >= 0.6 is 15.9 Å². The van der Waals surface area contributed by atoms with E-state index in [0.29, 0.717) is 12.8 Å². The molecule has 0 aliphatic heterocycles. The van der Waals surface area contributed by atoms with Crippen LogP contribution in [-0.4, -0.2) is 32.1 Å². The number of benzene rings is 1. The Balaban J connectivity index is 2.64. The van der Waals surface area contributed by atoms with Gasteiger partial charge in [0.05, 0.1) is 0 Å². The van der Waals surface area contributed by atoms with Crippen molar-refractivity contribution in [3.05, 3.63) is 34.3 Å². The van der Waals surface area contributed by atoms with Crippen LogP contribution in [0.15, 0.2) is 28.7 Å². The molecular weight excluding hydrogens is 304 g/mol. The third-order valence-corrected chi connectivity index (χ3v) is 4.39. The highest BCUT2D eigenvalue weighted by molar-refractivity contribution is 9.10. The molecule has 0 aliphatic carbocycles. The zero-order valence-corrected chi connectivity index (χ0v) is 12.2. The fourth-order valence-electron chi connectivity index (χ4n) is 1.74. The third-order valence-electron chi connectivity index (χ3n) is 2.63. The molecule has 0 radical (unpaired) electrons. The molecule has 0 saturated heterocycles. The van der Waals surface area contributed by atoms with E-state index in [1.807, 2.05) is 24.3 Å². The molecule has 1 rings (SSSR count). The van der Waals surface area contributed by atoms with Gasteiger partial charge < -0.3 is 5.11 Å². The highest BCUT2D eigenvalue weighted by atomic mass is 79.9. The van der Waals surface area contributed by atoms with E-state index in [1.54, 1.807) is 0 Å². The molecule has 3 nitrogen and oxygen atoms in total. The van der Waals surface area contributed by atoms with Crippen molar-refractivity contribution >= 4 is 25.8 Å². The lowest BCUT2D eigenvalue weighted by molar-refractivity contribution is 0.258. The van der Waals surface area contributed by atoms with Gasteiger partial charge in [-0.15, -0.1) is 0 Å². The number of hydrogen-bond acceptors (Lipinski definition) is 3. The molecule has 0 bridgehead atoms. The van der Waals surface area contributed by atoms with Gasteiger partial charge in [0.25, 0.3) is 0 Å². The Kier molecular flexibility index (Phi) is 5.62. The monoisotopic (exact) mass is 320 g/mol. The molecule has 1 N–H and O–H groups in total. The molecule has 0 saturated carbocycles. The van der Waals surface area contributed by atoms with Crippen molar-refractivity contribution in [1.82, 2.24) is 0 Å². The van der Waals surface area contributed by atoms with Gasteiger partial charge in [-0.25, -0.2) is 8.42 Å². The van der Waals surface area contributed by atoms with E-state index in [9.17, 15) is 13.5 Å². The Morgan fingerprint density at radius 3 is 2.53 bits per heavy atom. The van der Waals surface area contributed by atoms with E-state index in [1.165, 1.54) is 6.26 Å². The van der Waals surface area contributed by atoms with Crippen LogP contribution in [0.5, 0.6) is 0 Å². The van der Waals surface area contributed by atoms with Gasteiger partial charge in [-0.3, -0.25) is 0 Å². The Labute approximate surface area is 111 Å². The maximum absolute atomic E-state index is 11.0. The minimum absolute atomic E-state index is 0.00711. The van der Waals surface area contributed by atoms with Gasteiger partial charge in [-0.1, -0.05) is 34.1 Å². The van der Waals surface area contributed by atoms with Crippen LogP contribution in [0.3, 0.4) is 0 Å². The number of aliphatic hydroxyl groups is 1. The number of rotatable bonds is 6. The minimum atomic E-state index is -2.91. The predicted octanol–water partition coefficient (Wildman–Crippen LogP) is 2.35. The second-order valence-electron chi connectivity index (χ2n) is 4.17. The van der Waals surface area contributed by atoms with Crippen LogP contribution in [0.1, 0.15) is 24.3 Å². The Morgan fingerprint density at radius 1 is 1.35 bits per heavy atom. The highest BCUT2D eigenvalue weighted by Crippen LogP contribution is 2.27. The molecule has 96 valence electrons. The van der Waals surface area contributed by atoms with E-state index in [2.05, 4.69) is 15.9 Å². The molecule has 0 fully saturated rings. The van der Waals surface area contributed by atoms with Gasteiger partial charge in [0, 0.05) is 29.0 Å². The maximum atomic E-state index is 11.0. The normalized spacial score (nSPS) is 13.6. The Bertz CT molecular complexity index is 457. The molecular formula is C12H17BrO3S. The van der Waals surface area contributed by atoms with Crippen molar-refractivity contribution in [2.24, 2.45) is 0 Å². The lowest BCUT2D eigenvalue weighted by atomic mass is 9.95. The van der Waals surface area contributed by atoms with E-state index in [4.69, 9.17) is 0 Å². The fourth-order valence-corrected chi connectivity index (χ4v) is 3.04. The quantitative estimate of drug-likeness (QED) is 0.875. The first kappa shape index (κ1) is 14.7. The van der Waals surface area contributed by atoms with E-state index in [0.717, 1.165) is 10.0 Å². The molecule has 0 amide bonds. The average molecular weight is 321 g/mol. The predicted molar refractivity (Wildman–Crippen MR) is 72.9 cm³/mol. The highest BCUT2D eigenvalue weighted by Gasteiger charge is 2.14. The Morgan fingerprint density at radius 2 is 2.00 bits per heavy atom. The number of aliphatic hydroxyl groups excluding tert-OH is 1. The number of halogens is 1. The summed E-state index contributed by atoms with van der Waals surface area (Å²) in [6.07, 6.45) is 2.48. The molecule has 0 heterocycles. The van der Waals surface area contributed by atoms with Gasteiger partial charge in [0.2, 0.25) is 0 Å². The SMILES string of the molecule is CS(=O)(=O)CCCC(CO)c1ccccc1Br. The lowest BCUT2D eigenvalue weighted by Crippen LogP contribution is -2.09. The maximum Gasteiger partial charge on any atom is 0.147 e. The summed E-state index contributed by atoms with van der Waals surface area (Å²) in [4.78, 5) is 0. The molecule has 5 heteroatoms. The van der Waals surface area contributed by atoms with Crippen molar-refractivity contribution < 1.29 is 13.5 Å². The third kappa shape index (κ3) is 5.19. The molecule has 1 unspecified atom stereocenters. The molecule has 0 aliphatic rings. The standard InChI is InChI=1S/C12H17BrO3S/c1-17(15,16)8-4-5-10(9-14)11-6-2-3-7-12(11)13/h2-3,6-7,10,14H,4-5,8-9H2,1H3. The Hall–Kier alpha value is -0.390. The number of sulfone groups is 1. The first-order chi connectivity index (χ1) is 7.94. The second kappa shape index (κ2) is 6.52. The zero-order chi connectivity index (χ0) is 12.9. The summed E-state index contributed by atoms with van der Waals surface area (Å²) in [7, 11) is -2.91. The van der Waals surface area contributed by atoms with Gasteiger partial charge >= 0.3 is 0 Å². The van der Waals surface area contributed by atoms with Crippen LogP contribution in [0, 0.1) is 0 Å². The van der Waals surface area contributed by atoms with Crippen LogP contribution < -0.4 is 0 Å². The van der Waals surface area contributed by atoms with Crippen molar-refractivity contribution in [3.8, 4) is 0 Å². The summed E-state index contributed by atoms with van der Waals surface area (Å²) in [6, 6.07) is 7.71. The van der Waals surface area contributed by atoms with E-state index >= 15 is 0 Å². The molecule has 1 atom stereocenters. The summed E-state index contributed by atoms with van der Waals surface area (Å²) in [6.45, 7) is 0.0341. The number of hydrogen-bond donors (Lipinski definition) is 1. The second-order valence-corrected chi connectivity index (χ2v) is 7.29. The fraction of sp³-hybridized carbons (Fsp3) is 0.500. The van der Waals surface area contributed by atoms with Crippen molar-refractivity contribution in [1.29, 1.82) is 0 Å². The summed E-state index contributed by atoms with van der Waals surface area (Å²) in [5.74, 6) is 0.167. The van der Waals surface area contributed by atoms with E-state index < -0.39 is 9.84 Å². The molecule has 0 aromatic heterocycles. The summed E-state index contributed by atoms with van der Waals surface area (Å²) in [5, 5.41) is 9.36. The smallest absolute Gasteiger partial charge is 0.147 e. The first-order valence-electron chi connectivity index (χ1n) is 5.47. The average Bonchev–Trinajstić information content (AvgIpc) is 2.24. The summed E-state index contributed by atoms with van der Waals surface area (Å²) < 4.78 is 23.0. The molecule has 0 spiro atoms. The van der Waals surface area contributed by atoms with Gasteiger partial charge in [0.1, 0.15) is 9.84 Å². The van der Waals surface area contributed by atoms with Gasteiger partial charge in [0.15, 0.2) is 0 Å². The van der Waals surface area contributed by atoms with Gasteiger partial charge in [-0.05, 0) is 24.5 Å². The van der Waals surface area contributed by atoms with Crippen LogP contribution in [-0.2, 0) is 9.84 Å². The lowest BCUT2D eigenvalue weighted by Gasteiger charge is -2.15. The largest absolute Gasteiger partial charge is 0.396 e. The van der Waals surface area contributed by atoms with Crippen LogP contribution in [0.25, 0.3) is 0 Å². The molecule has 1 aromatic carbocycles. The van der Waals surface area contributed by atoms with Crippen LogP contribution in [0.4, 0.5) is 0 Å². The summed E-state index contributed by atoms with van der Waals surface area (Å²) in [5.41, 5.74) is 1.03. The van der Waals surface area contributed by atoms with Crippen molar-refractivity contribution in [3.63, 3.8) is 0 Å². The van der Waals surface area contributed by atoms with E-state index in [-0.39, 0.29) is 18.3 Å². The van der Waals surface area contributed by atoms with Crippen molar-refractivity contribution in [2.75, 3.05) is 18.6 Å².